The van der Waals surface area contributed by atoms with Crippen molar-refractivity contribution < 1.29 is 13.9 Å². The van der Waals surface area contributed by atoms with Crippen LogP contribution in [0.4, 0.5) is 0 Å². The minimum atomic E-state index is -0.498. The van der Waals surface area contributed by atoms with Gasteiger partial charge < -0.3 is 9.15 Å². The molecule has 0 bridgehead atoms. The number of carbonyl (C=O) groups excluding carboxylic acids is 1. The van der Waals surface area contributed by atoms with Gasteiger partial charge in [0.1, 0.15) is 5.76 Å². The van der Waals surface area contributed by atoms with Gasteiger partial charge in [-0.05, 0) is 19.1 Å². The van der Waals surface area contributed by atoms with Crippen molar-refractivity contribution in [2.75, 3.05) is 6.61 Å². The van der Waals surface area contributed by atoms with E-state index in [4.69, 9.17) is 4.42 Å². The Morgan fingerprint density at radius 3 is 3.18 bits per heavy atom. The van der Waals surface area contributed by atoms with Crippen LogP contribution in [0.25, 0.3) is 0 Å². The average molecular weight is 152 g/mol. The van der Waals surface area contributed by atoms with Gasteiger partial charge in [-0.1, -0.05) is 0 Å². The molecule has 1 heterocycles. The second-order valence-corrected chi connectivity index (χ2v) is 1.82. The third-order valence-electron chi connectivity index (χ3n) is 1.02. The number of rotatable bonds is 3. The first-order valence-electron chi connectivity index (χ1n) is 3.30. The summed E-state index contributed by atoms with van der Waals surface area (Å²) < 4.78 is 9.44. The summed E-state index contributed by atoms with van der Waals surface area (Å²) in [5.74, 6) is -0.106. The lowest BCUT2D eigenvalue weighted by molar-refractivity contribution is -0.138. The predicted molar refractivity (Wildman–Crippen MR) is 37.7 cm³/mol. The highest BCUT2D eigenvalue weighted by Gasteiger charge is 2.06. The van der Waals surface area contributed by atoms with Gasteiger partial charge in [0, 0.05) is 0 Å². The van der Waals surface area contributed by atoms with Crippen molar-refractivity contribution in [2.24, 2.45) is 0 Å². The molecule has 0 saturated heterocycles. The van der Waals surface area contributed by atoms with E-state index in [9.17, 15) is 4.79 Å². The Kier molecular flexibility index (Phi) is 2.72. The first-order valence-corrected chi connectivity index (χ1v) is 3.30. The van der Waals surface area contributed by atoms with Crippen LogP contribution in [0.15, 0.2) is 22.8 Å². The zero-order valence-corrected chi connectivity index (χ0v) is 6.16. The normalized spacial score (nSPS) is 9.55. The van der Waals surface area contributed by atoms with Gasteiger partial charge in [0.2, 0.25) is 0 Å². The number of esters is 1. The summed E-state index contributed by atoms with van der Waals surface area (Å²) in [6.45, 7) is 2.09. The fraction of sp³-hybridized carbons (Fsp3) is 0.250. The molecule has 0 aliphatic heterocycles. The summed E-state index contributed by atoms with van der Waals surface area (Å²) in [5.41, 5.74) is 0. The molecular formula is C8H8O3. The third-order valence-corrected chi connectivity index (χ3v) is 1.02. The Morgan fingerprint density at radius 1 is 1.82 bits per heavy atom. The first-order chi connectivity index (χ1) is 5.33. The molecule has 58 valence electrons. The maximum atomic E-state index is 10.7. The molecule has 0 aliphatic rings. The van der Waals surface area contributed by atoms with E-state index in [1.807, 2.05) is 0 Å². The van der Waals surface area contributed by atoms with Gasteiger partial charge in [-0.3, -0.25) is 4.79 Å². The summed E-state index contributed by atoms with van der Waals surface area (Å²) in [6, 6.07) is 3.32. The zero-order chi connectivity index (χ0) is 8.10. The van der Waals surface area contributed by atoms with Gasteiger partial charge in [0.25, 0.3) is 0 Å². The molecule has 0 atom stereocenters. The molecule has 0 aromatic carbocycles. The van der Waals surface area contributed by atoms with E-state index in [0.717, 1.165) is 0 Å². The fourth-order valence-electron chi connectivity index (χ4n) is 0.617. The SMILES string of the molecule is CCOC(=O)[C]c1ccco1. The molecule has 1 aromatic rings. The maximum absolute atomic E-state index is 10.7. The number of furan rings is 1. The monoisotopic (exact) mass is 152 g/mol. The van der Waals surface area contributed by atoms with Crippen LogP contribution in [-0.2, 0) is 9.53 Å². The molecule has 0 saturated carbocycles. The summed E-state index contributed by atoms with van der Waals surface area (Å²) in [7, 11) is 0. The Hall–Kier alpha value is -1.25. The molecule has 2 radical (unpaired) electrons. The van der Waals surface area contributed by atoms with Gasteiger partial charge in [-0.15, -0.1) is 0 Å². The third kappa shape index (κ3) is 2.45. The van der Waals surface area contributed by atoms with Crippen molar-refractivity contribution in [1.82, 2.24) is 0 Å². The quantitative estimate of drug-likeness (QED) is 0.612. The Balaban J connectivity index is 2.37. The van der Waals surface area contributed by atoms with Crippen molar-refractivity contribution in [3.05, 3.63) is 30.6 Å². The topological polar surface area (TPSA) is 39.4 Å². The number of carbonyl (C=O) groups is 1. The zero-order valence-electron chi connectivity index (χ0n) is 6.16. The Morgan fingerprint density at radius 2 is 2.64 bits per heavy atom. The largest absolute Gasteiger partial charge is 0.468 e. The van der Waals surface area contributed by atoms with Crippen LogP contribution in [0.5, 0.6) is 0 Å². The second kappa shape index (κ2) is 3.81. The second-order valence-electron chi connectivity index (χ2n) is 1.82. The fourth-order valence-corrected chi connectivity index (χ4v) is 0.617. The highest BCUT2D eigenvalue weighted by Crippen LogP contribution is 2.03. The van der Waals surface area contributed by atoms with Gasteiger partial charge in [-0.2, -0.15) is 0 Å². The molecule has 0 fully saturated rings. The van der Waals surface area contributed by atoms with E-state index in [1.165, 1.54) is 6.26 Å². The lowest BCUT2D eigenvalue weighted by Crippen LogP contribution is -2.04. The number of ether oxygens (including phenoxy) is 1. The van der Waals surface area contributed by atoms with Crippen LogP contribution >= 0.6 is 0 Å². The van der Waals surface area contributed by atoms with Crippen molar-refractivity contribution in [3.8, 4) is 0 Å². The van der Waals surface area contributed by atoms with Crippen LogP contribution in [0.2, 0.25) is 0 Å². The lowest BCUT2D eigenvalue weighted by Gasteiger charge is -1.96. The van der Waals surface area contributed by atoms with E-state index in [2.05, 4.69) is 11.2 Å². The molecule has 0 N–H and O–H groups in total. The Labute approximate surface area is 65.0 Å². The van der Waals surface area contributed by atoms with E-state index in [0.29, 0.717) is 12.4 Å². The van der Waals surface area contributed by atoms with E-state index in [1.54, 1.807) is 19.1 Å². The minimum Gasteiger partial charge on any atom is -0.468 e. The molecular weight excluding hydrogens is 144 g/mol. The van der Waals surface area contributed by atoms with Gasteiger partial charge in [-0.25, -0.2) is 0 Å². The molecule has 1 rings (SSSR count). The van der Waals surface area contributed by atoms with Crippen LogP contribution in [0.3, 0.4) is 0 Å². The summed E-state index contributed by atoms with van der Waals surface area (Å²) in [5, 5.41) is 0. The van der Waals surface area contributed by atoms with Crippen LogP contribution < -0.4 is 0 Å². The highest BCUT2D eigenvalue weighted by atomic mass is 16.5. The Bertz CT molecular complexity index is 213. The van der Waals surface area contributed by atoms with Crippen LogP contribution in [0, 0.1) is 6.42 Å². The molecule has 3 heteroatoms. The minimum absolute atomic E-state index is 0.354. The summed E-state index contributed by atoms with van der Waals surface area (Å²) in [6.07, 6.45) is 3.87. The first kappa shape index (κ1) is 7.85. The average Bonchev–Trinajstić information content (AvgIpc) is 2.40. The lowest BCUT2D eigenvalue weighted by atomic mass is 10.3. The van der Waals surface area contributed by atoms with Crippen molar-refractivity contribution in [1.29, 1.82) is 0 Å². The molecule has 1 aromatic heterocycles. The molecule has 0 spiro atoms. The maximum Gasteiger partial charge on any atom is 0.323 e. The van der Waals surface area contributed by atoms with Crippen LogP contribution in [0.1, 0.15) is 12.7 Å². The van der Waals surface area contributed by atoms with Crippen LogP contribution in [-0.4, -0.2) is 12.6 Å². The highest BCUT2D eigenvalue weighted by molar-refractivity contribution is 5.82. The number of hydrogen-bond acceptors (Lipinski definition) is 3. The standard InChI is InChI=1S/C8H8O3/c1-2-10-8(9)6-7-4-3-5-11-7/h3-5H,2H2,1H3. The predicted octanol–water partition coefficient (Wildman–Crippen LogP) is 1.27. The molecule has 0 amide bonds. The molecule has 0 aliphatic carbocycles. The smallest absolute Gasteiger partial charge is 0.323 e. The van der Waals surface area contributed by atoms with Crippen molar-refractivity contribution in [2.45, 2.75) is 6.92 Å². The molecule has 11 heavy (non-hydrogen) atoms. The molecule has 3 nitrogen and oxygen atoms in total. The van der Waals surface area contributed by atoms with E-state index < -0.39 is 5.97 Å². The number of hydrogen-bond donors (Lipinski definition) is 0. The van der Waals surface area contributed by atoms with Crippen molar-refractivity contribution in [3.63, 3.8) is 0 Å². The summed E-state index contributed by atoms with van der Waals surface area (Å²) >= 11 is 0. The van der Waals surface area contributed by atoms with E-state index in [-0.39, 0.29) is 0 Å². The summed E-state index contributed by atoms with van der Waals surface area (Å²) in [4.78, 5) is 10.7. The van der Waals surface area contributed by atoms with Gasteiger partial charge in [0.15, 0.2) is 6.42 Å². The van der Waals surface area contributed by atoms with Gasteiger partial charge in [0.05, 0.1) is 12.9 Å². The molecule has 0 unspecified atom stereocenters. The van der Waals surface area contributed by atoms with Gasteiger partial charge >= 0.3 is 5.97 Å². The van der Waals surface area contributed by atoms with E-state index >= 15 is 0 Å². The van der Waals surface area contributed by atoms with Crippen molar-refractivity contribution >= 4 is 5.97 Å².